The van der Waals surface area contributed by atoms with Gasteiger partial charge in [-0.1, -0.05) is 41.9 Å². The number of halogens is 1. The van der Waals surface area contributed by atoms with Crippen molar-refractivity contribution in [1.82, 2.24) is 10.2 Å². The molecule has 2 aromatic carbocycles. The molecule has 2 aromatic rings. The minimum Gasteiger partial charge on any atom is -0.343 e. The zero-order valence-electron chi connectivity index (χ0n) is 16.7. The van der Waals surface area contributed by atoms with Crippen molar-refractivity contribution in [2.45, 2.75) is 25.8 Å². The molecule has 0 unspecified atom stereocenters. The van der Waals surface area contributed by atoms with Gasteiger partial charge in [-0.25, -0.2) is 0 Å². The standard InChI is InChI=1S/C23H27ClN4O/c1-25-16-21(29)28-11-9-23(10-12-28)14-18-6-2-3-8-20(18)27-22(23)26-15-17-5-4-7-19(24)13-17/h2-8,13,25H,9-12,14-16H2,1H3,(H,26,27). The number of likely N-dealkylation sites (N-methyl/N-ethyl adjacent to an activating group) is 1. The number of aliphatic imine (C=N–C) groups is 1. The fourth-order valence-electron chi connectivity index (χ4n) is 4.38. The molecule has 0 aromatic heterocycles. The first-order valence-electron chi connectivity index (χ1n) is 10.2. The van der Waals surface area contributed by atoms with Gasteiger partial charge in [-0.2, -0.15) is 0 Å². The van der Waals surface area contributed by atoms with Crippen molar-refractivity contribution in [1.29, 1.82) is 0 Å². The van der Waals surface area contributed by atoms with Gasteiger partial charge in [0.05, 0.1) is 13.1 Å². The summed E-state index contributed by atoms with van der Waals surface area (Å²) < 4.78 is 0. The van der Waals surface area contributed by atoms with Gasteiger partial charge in [0.25, 0.3) is 0 Å². The lowest BCUT2D eigenvalue weighted by Crippen LogP contribution is -2.52. The van der Waals surface area contributed by atoms with E-state index in [-0.39, 0.29) is 11.3 Å². The lowest BCUT2D eigenvalue weighted by molar-refractivity contribution is -0.131. The third-order valence-electron chi connectivity index (χ3n) is 6.01. The molecule has 6 heteroatoms. The molecule has 0 bridgehead atoms. The van der Waals surface area contributed by atoms with Gasteiger partial charge in [0.15, 0.2) is 0 Å². The summed E-state index contributed by atoms with van der Waals surface area (Å²) in [4.78, 5) is 19.3. The first-order chi connectivity index (χ1) is 14.1. The summed E-state index contributed by atoms with van der Waals surface area (Å²) in [6.45, 7) is 2.51. The van der Waals surface area contributed by atoms with Crippen LogP contribution in [0.5, 0.6) is 0 Å². The highest BCUT2D eigenvalue weighted by atomic mass is 35.5. The topological polar surface area (TPSA) is 56.7 Å². The number of rotatable bonds is 4. The van der Waals surface area contributed by atoms with Crippen LogP contribution < -0.4 is 10.6 Å². The van der Waals surface area contributed by atoms with Gasteiger partial charge >= 0.3 is 0 Å². The molecule has 29 heavy (non-hydrogen) atoms. The maximum Gasteiger partial charge on any atom is 0.236 e. The number of nitrogens with zero attached hydrogens (tertiary/aromatic N) is 2. The van der Waals surface area contributed by atoms with Crippen LogP contribution in [0.3, 0.4) is 0 Å². The minimum absolute atomic E-state index is 0.0522. The highest BCUT2D eigenvalue weighted by Crippen LogP contribution is 2.42. The second-order valence-corrected chi connectivity index (χ2v) is 8.38. The number of nitrogens with one attached hydrogen (secondary N) is 2. The predicted molar refractivity (Wildman–Crippen MR) is 119 cm³/mol. The van der Waals surface area contributed by atoms with E-state index in [4.69, 9.17) is 16.6 Å². The van der Waals surface area contributed by atoms with E-state index in [9.17, 15) is 4.79 Å². The molecule has 0 radical (unpaired) electrons. The van der Waals surface area contributed by atoms with Gasteiger partial charge in [0, 0.05) is 29.2 Å². The lowest BCUT2D eigenvalue weighted by atomic mass is 9.70. The number of carbonyl (C=O) groups excluding carboxylic acids is 1. The summed E-state index contributed by atoms with van der Waals surface area (Å²) in [5.74, 6) is 1.21. The summed E-state index contributed by atoms with van der Waals surface area (Å²) in [6.07, 6.45) is 2.79. The Hall–Kier alpha value is -2.37. The summed E-state index contributed by atoms with van der Waals surface area (Å²) in [6, 6.07) is 16.3. The molecule has 2 heterocycles. The van der Waals surface area contributed by atoms with Crippen molar-refractivity contribution >= 4 is 29.0 Å². The number of piperidine rings is 1. The molecule has 1 amide bonds. The maximum absolute atomic E-state index is 12.3. The van der Waals surface area contributed by atoms with E-state index >= 15 is 0 Å². The van der Waals surface area contributed by atoms with Gasteiger partial charge in [-0.05, 0) is 55.6 Å². The molecular weight excluding hydrogens is 384 g/mol. The van der Waals surface area contributed by atoms with Crippen LogP contribution in [0.15, 0.2) is 53.5 Å². The number of likely N-dealkylation sites (tertiary alicyclic amines) is 1. The van der Waals surface area contributed by atoms with Crippen molar-refractivity contribution in [3.8, 4) is 0 Å². The Morgan fingerprint density at radius 1 is 1.21 bits per heavy atom. The first kappa shape index (κ1) is 19.9. The SMILES string of the molecule is CNCC(=O)N1CCC2(CC1)Cc1ccccc1NC2=NCc1cccc(Cl)c1. The Balaban J connectivity index is 1.59. The molecule has 5 nitrogen and oxygen atoms in total. The average Bonchev–Trinajstić information content (AvgIpc) is 2.73. The van der Waals surface area contributed by atoms with Crippen LogP contribution in [0.25, 0.3) is 0 Å². The molecule has 0 atom stereocenters. The Morgan fingerprint density at radius 2 is 2.00 bits per heavy atom. The molecule has 4 rings (SSSR count). The van der Waals surface area contributed by atoms with Crippen LogP contribution in [0.4, 0.5) is 5.69 Å². The second-order valence-electron chi connectivity index (χ2n) is 7.95. The third-order valence-corrected chi connectivity index (χ3v) is 6.25. The zero-order valence-corrected chi connectivity index (χ0v) is 17.5. The van der Waals surface area contributed by atoms with E-state index in [0.29, 0.717) is 13.1 Å². The number of hydrogen-bond acceptors (Lipinski definition) is 3. The van der Waals surface area contributed by atoms with Gasteiger partial charge in [0.1, 0.15) is 5.84 Å². The van der Waals surface area contributed by atoms with E-state index < -0.39 is 0 Å². The van der Waals surface area contributed by atoms with E-state index in [1.807, 2.05) is 30.1 Å². The normalized spacial score (nSPS) is 19.1. The fraction of sp³-hybridized carbons (Fsp3) is 0.391. The lowest BCUT2D eigenvalue weighted by Gasteiger charge is -2.45. The van der Waals surface area contributed by atoms with Gasteiger partial charge in [-0.15, -0.1) is 0 Å². The van der Waals surface area contributed by atoms with Crippen molar-refractivity contribution in [2.75, 3.05) is 32.0 Å². The molecular formula is C23H27ClN4O. The maximum atomic E-state index is 12.3. The number of carbonyl (C=O) groups is 1. The zero-order chi connectivity index (χ0) is 20.3. The predicted octanol–water partition coefficient (Wildman–Crippen LogP) is 3.73. The van der Waals surface area contributed by atoms with Gasteiger partial charge in [-0.3, -0.25) is 9.79 Å². The summed E-state index contributed by atoms with van der Waals surface area (Å²) >= 11 is 6.14. The van der Waals surface area contributed by atoms with Crippen LogP contribution >= 0.6 is 11.6 Å². The first-order valence-corrected chi connectivity index (χ1v) is 10.5. The smallest absolute Gasteiger partial charge is 0.236 e. The molecule has 1 saturated heterocycles. The van der Waals surface area contributed by atoms with Crippen molar-refractivity contribution < 1.29 is 4.79 Å². The van der Waals surface area contributed by atoms with E-state index in [2.05, 4.69) is 41.0 Å². The van der Waals surface area contributed by atoms with E-state index in [1.165, 1.54) is 5.56 Å². The number of anilines is 1. The van der Waals surface area contributed by atoms with E-state index in [1.54, 1.807) is 0 Å². The highest BCUT2D eigenvalue weighted by molar-refractivity contribution is 6.30. The summed E-state index contributed by atoms with van der Waals surface area (Å²) in [5, 5.41) is 7.31. The molecule has 0 saturated carbocycles. The van der Waals surface area contributed by atoms with Gasteiger partial charge < -0.3 is 15.5 Å². The number of hydrogen-bond donors (Lipinski definition) is 2. The Morgan fingerprint density at radius 3 is 2.76 bits per heavy atom. The van der Waals surface area contributed by atoms with Gasteiger partial charge in [0.2, 0.25) is 5.91 Å². The van der Waals surface area contributed by atoms with Crippen LogP contribution in [0, 0.1) is 5.41 Å². The van der Waals surface area contributed by atoms with Crippen LogP contribution in [-0.2, 0) is 17.8 Å². The Kier molecular flexibility index (Phi) is 5.88. The van der Waals surface area contributed by atoms with E-state index in [0.717, 1.165) is 54.5 Å². The van der Waals surface area contributed by atoms with Crippen molar-refractivity contribution in [3.63, 3.8) is 0 Å². The molecule has 2 N–H and O–H groups in total. The Labute approximate surface area is 177 Å². The molecule has 2 aliphatic heterocycles. The molecule has 152 valence electrons. The number of amides is 1. The largest absolute Gasteiger partial charge is 0.343 e. The quantitative estimate of drug-likeness (QED) is 0.807. The van der Waals surface area contributed by atoms with Crippen LogP contribution in [-0.4, -0.2) is 43.3 Å². The number of amidine groups is 1. The second kappa shape index (κ2) is 8.56. The molecule has 2 aliphatic rings. The third kappa shape index (κ3) is 4.31. The number of para-hydroxylation sites is 1. The summed E-state index contributed by atoms with van der Waals surface area (Å²) in [7, 11) is 1.81. The van der Waals surface area contributed by atoms with Crippen molar-refractivity contribution in [3.05, 3.63) is 64.7 Å². The Bertz CT molecular complexity index is 919. The summed E-state index contributed by atoms with van der Waals surface area (Å²) in [5.41, 5.74) is 3.51. The number of fused-ring (bicyclic) bond motifs is 1. The van der Waals surface area contributed by atoms with Crippen LogP contribution in [0.2, 0.25) is 5.02 Å². The van der Waals surface area contributed by atoms with Crippen molar-refractivity contribution in [2.24, 2.45) is 10.4 Å². The monoisotopic (exact) mass is 410 g/mol. The fourth-order valence-corrected chi connectivity index (χ4v) is 4.59. The average molecular weight is 411 g/mol. The molecule has 0 aliphatic carbocycles. The number of benzene rings is 2. The highest BCUT2D eigenvalue weighted by Gasteiger charge is 2.43. The van der Waals surface area contributed by atoms with Crippen LogP contribution in [0.1, 0.15) is 24.0 Å². The molecule has 1 fully saturated rings. The minimum atomic E-state index is -0.0522. The molecule has 1 spiro atoms.